The van der Waals surface area contributed by atoms with Crippen molar-refractivity contribution in [3.8, 4) is 11.4 Å². The molecule has 0 bridgehead atoms. The standard InChI is InChI=1S/C12H9ClF3N3O.C10H8ClN3O/c1-17-9-6-18-19(11(20)10(9)13)8-4-2-3-7(5-8)12(14,15)16;11-9-8(12)6-13-14(10(9)15)7-4-2-1-3-5-7/h2-6,17H,1H3;1-6H,12H2. The molecular weight excluding hydrogens is 508 g/mol. The van der Waals surface area contributed by atoms with Gasteiger partial charge in [0.2, 0.25) is 0 Å². The highest BCUT2D eigenvalue weighted by molar-refractivity contribution is 6.33. The Morgan fingerprint density at radius 2 is 1.43 bits per heavy atom. The van der Waals surface area contributed by atoms with Crippen LogP contribution in [0.25, 0.3) is 11.4 Å². The molecule has 0 aliphatic carbocycles. The maximum absolute atomic E-state index is 12.6. The molecule has 0 aliphatic rings. The van der Waals surface area contributed by atoms with Crippen LogP contribution in [0.15, 0.2) is 76.6 Å². The van der Waals surface area contributed by atoms with Gasteiger partial charge in [-0.2, -0.15) is 32.7 Å². The second-order valence-corrected chi connectivity index (χ2v) is 7.61. The Kier molecular flexibility index (Phi) is 7.82. The van der Waals surface area contributed by atoms with Crippen LogP contribution in [0, 0.1) is 0 Å². The van der Waals surface area contributed by atoms with Crippen LogP contribution in [0.1, 0.15) is 5.56 Å². The molecule has 0 unspecified atom stereocenters. The van der Waals surface area contributed by atoms with Gasteiger partial charge in [-0.3, -0.25) is 9.59 Å². The van der Waals surface area contributed by atoms with Crippen molar-refractivity contribution in [3.63, 3.8) is 0 Å². The van der Waals surface area contributed by atoms with Crippen LogP contribution in [0.2, 0.25) is 10.0 Å². The summed E-state index contributed by atoms with van der Waals surface area (Å²) in [4.78, 5) is 23.6. The van der Waals surface area contributed by atoms with Crippen LogP contribution in [0.3, 0.4) is 0 Å². The highest BCUT2D eigenvalue weighted by Crippen LogP contribution is 2.30. The molecule has 4 aromatic rings. The van der Waals surface area contributed by atoms with Crippen molar-refractivity contribution in [1.82, 2.24) is 19.6 Å². The number of aromatic nitrogens is 4. The minimum atomic E-state index is -4.49. The van der Waals surface area contributed by atoms with Gasteiger partial charge in [0.15, 0.2) is 0 Å². The Labute approximate surface area is 206 Å². The average molecular weight is 525 g/mol. The summed E-state index contributed by atoms with van der Waals surface area (Å²) in [7, 11) is 1.55. The Morgan fingerprint density at radius 3 is 2.06 bits per heavy atom. The molecule has 35 heavy (non-hydrogen) atoms. The van der Waals surface area contributed by atoms with E-state index in [-0.39, 0.29) is 21.4 Å². The van der Waals surface area contributed by atoms with Gasteiger partial charge in [-0.15, -0.1) is 0 Å². The number of nitrogens with one attached hydrogen (secondary N) is 1. The summed E-state index contributed by atoms with van der Waals surface area (Å²) in [6.07, 6.45) is -1.87. The van der Waals surface area contributed by atoms with E-state index < -0.39 is 22.9 Å². The number of benzene rings is 2. The van der Waals surface area contributed by atoms with E-state index in [4.69, 9.17) is 28.9 Å². The molecule has 0 radical (unpaired) electrons. The first-order chi connectivity index (χ1) is 16.5. The van der Waals surface area contributed by atoms with Crippen LogP contribution in [0.4, 0.5) is 24.5 Å². The summed E-state index contributed by atoms with van der Waals surface area (Å²) >= 11 is 11.6. The average Bonchev–Trinajstić information content (AvgIpc) is 2.85. The molecule has 0 atom stereocenters. The van der Waals surface area contributed by atoms with Crippen LogP contribution < -0.4 is 22.2 Å². The number of hydrogen-bond acceptors (Lipinski definition) is 6. The van der Waals surface area contributed by atoms with E-state index in [1.54, 1.807) is 19.2 Å². The van der Waals surface area contributed by atoms with Gasteiger partial charge in [0.25, 0.3) is 11.1 Å². The lowest BCUT2D eigenvalue weighted by molar-refractivity contribution is -0.137. The Balaban J connectivity index is 0.000000203. The third-order valence-electron chi connectivity index (χ3n) is 4.55. The molecule has 3 N–H and O–H groups in total. The van der Waals surface area contributed by atoms with Gasteiger partial charge in [0.05, 0.1) is 40.7 Å². The zero-order valence-electron chi connectivity index (χ0n) is 17.9. The summed E-state index contributed by atoms with van der Waals surface area (Å²) in [6, 6.07) is 13.3. The molecule has 182 valence electrons. The molecule has 0 saturated heterocycles. The van der Waals surface area contributed by atoms with Crippen molar-refractivity contribution in [1.29, 1.82) is 0 Å². The smallest absolute Gasteiger partial charge is 0.396 e. The Bertz CT molecular complexity index is 1460. The number of alkyl halides is 3. The molecule has 0 amide bonds. The van der Waals surface area contributed by atoms with E-state index >= 15 is 0 Å². The highest BCUT2D eigenvalue weighted by atomic mass is 35.5. The van der Waals surface area contributed by atoms with Gasteiger partial charge in [-0.1, -0.05) is 47.5 Å². The fourth-order valence-electron chi connectivity index (χ4n) is 2.80. The van der Waals surface area contributed by atoms with Crippen LogP contribution in [0.5, 0.6) is 0 Å². The fraction of sp³-hybridized carbons (Fsp3) is 0.0909. The van der Waals surface area contributed by atoms with Crippen LogP contribution >= 0.6 is 23.2 Å². The molecule has 0 fully saturated rings. The van der Waals surface area contributed by atoms with Crippen LogP contribution in [-0.2, 0) is 6.18 Å². The summed E-state index contributed by atoms with van der Waals surface area (Å²) in [6.45, 7) is 0. The van der Waals surface area contributed by atoms with Crippen molar-refractivity contribution < 1.29 is 13.2 Å². The number of nitrogens with zero attached hydrogens (tertiary/aromatic N) is 4. The van der Waals surface area contributed by atoms with Crippen molar-refractivity contribution in [2.45, 2.75) is 6.18 Å². The van der Waals surface area contributed by atoms with E-state index in [0.29, 0.717) is 11.4 Å². The zero-order valence-corrected chi connectivity index (χ0v) is 19.4. The lowest BCUT2D eigenvalue weighted by Crippen LogP contribution is -2.22. The normalized spacial score (nSPS) is 10.9. The minimum absolute atomic E-state index is 0.00521. The first kappa shape index (κ1) is 25.8. The number of rotatable bonds is 3. The molecule has 13 heteroatoms. The van der Waals surface area contributed by atoms with E-state index in [1.165, 1.54) is 29.2 Å². The van der Waals surface area contributed by atoms with Gasteiger partial charge in [0, 0.05) is 7.05 Å². The third kappa shape index (κ3) is 5.81. The van der Waals surface area contributed by atoms with Crippen molar-refractivity contribution in [2.75, 3.05) is 18.1 Å². The lowest BCUT2D eigenvalue weighted by Gasteiger charge is -2.10. The third-order valence-corrected chi connectivity index (χ3v) is 5.30. The first-order valence-electron chi connectivity index (χ1n) is 9.76. The predicted molar refractivity (Wildman–Crippen MR) is 129 cm³/mol. The van der Waals surface area contributed by atoms with E-state index in [1.807, 2.05) is 18.2 Å². The Hall–Kier alpha value is -3.83. The second-order valence-electron chi connectivity index (χ2n) is 6.85. The number of hydrogen-bond donors (Lipinski definition) is 2. The van der Waals surface area contributed by atoms with E-state index in [0.717, 1.165) is 16.8 Å². The molecule has 2 aromatic carbocycles. The van der Waals surface area contributed by atoms with Gasteiger partial charge in [-0.05, 0) is 30.3 Å². The van der Waals surface area contributed by atoms with E-state index in [9.17, 15) is 22.8 Å². The largest absolute Gasteiger partial charge is 0.416 e. The molecule has 8 nitrogen and oxygen atoms in total. The molecule has 0 saturated carbocycles. The topological polar surface area (TPSA) is 108 Å². The molecule has 0 spiro atoms. The maximum atomic E-state index is 12.6. The molecule has 2 heterocycles. The SMILES string of the molecule is CNc1cnn(-c2cccc(C(F)(F)F)c2)c(=O)c1Cl.Nc1cnn(-c2ccccc2)c(=O)c1Cl. The fourth-order valence-corrected chi connectivity index (χ4v) is 3.16. The van der Waals surface area contributed by atoms with Crippen molar-refractivity contribution in [3.05, 3.63) is 103 Å². The van der Waals surface area contributed by atoms with Gasteiger partial charge >= 0.3 is 6.18 Å². The number of nitrogen functional groups attached to an aromatic ring is 1. The second kappa shape index (κ2) is 10.6. The summed E-state index contributed by atoms with van der Waals surface area (Å²) in [5.41, 5.74) is 4.63. The van der Waals surface area contributed by atoms with Crippen molar-refractivity contribution >= 4 is 34.6 Å². The number of nitrogens with two attached hydrogens (primary N) is 1. The quantitative estimate of drug-likeness (QED) is 0.410. The van der Waals surface area contributed by atoms with Gasteiger partial charge in [0.1, 0.15) is 10.0 Å². The highest BCUT2D eigenvalue weighted by Gasteiger charge is 2.30. The summed E-state index contributed by atoms with van der Waals surface area (Å²) in [5.74, 6) is 0. The lowest BCUT2D eigenvalue weighted by atomic mass is 10.2. The van der Waals surface area contributed by atoms with Crippen molar-refractivity contribution in [2.24, 2.45) is 0 Å². The van der Waals surface area contributed by atoms with Gasteiger partial charge < -0.3 is 11.1 Å². The number of para-hydroxylation sites is 1. The Morgan fingerprint density at radius 1 is 0.857 bits per heavy atom. The van der Waals surface area contributed by atoms with Gasteiger partial charge in [-0.25, -0.2) is 0 Å². The van der Waals surface area contributed by atoms with Crippen LogP contribution in [-0.4, -0.2) is 26.6 Å². The number of anilines is 2. The zero-order chi connectivity index (χ0) is 25.8. The predicted octanol–water partition coefficient (Wildman–Crippen LogP) is 4.41. The molecule has 0 aliphatic heterocycles. The summed E-state index contributed by atoms with van der Waals surface area (Å²) in [5, 5.41) is 10.2. The molecule has 4 rings (SSSR count). The molecule has 2 aromatic heterocycles. The monoisotopic (exact) mass is 524 g/mol. The number of halogens is 5. The summed E-state index contributed by atoms with van der Waals surface area (Å²) < 4.78 is 39.9. The minimum Gasteiger partial charge on any atom is -0.396 e. The van der Waals surface area contributed by atoms with E-state index in [2.05, 4.69) is 15.5 Å². The first-order valence-corrected chi connectivity index (χ1v) is 10.5. The molecular formula is C22H17Cl2F3N6O2. The maximum Gasteiger partial charge on any atom is 0.416 e.